The molecule has 0 aliphatic rings. The molecule has 1 aromatic heterocycles. The van der Waals surface area contributed by atoms with Crippen LogP contribution >= 0.6 is 0 Å². The normalized spacial score (nSPS) is 11.3. The Kier molecular flexibility index (Phi) is 8.43. The first kappa shape index (κ1) is 27.6. The van der Waals surface area contributed by atoms with E-state index in [1.807, 2.05) is 0 Å². The van der Waals surface area contributed by atoms with E-state index in [2.05, 4.69) is 10.6 Å². The Morgan fingerprint density at radius 3 is 2.23 bits per heavy atom. The molecule has 4 aromatic rings. The first-order chi connectivity index (χ1) is 18.7. The van der Waals surface area contributed by atoms with Crippen molar-refractivity contribution in [1.29, 1.82) is 0 Å². The maximum atomic E-state index is 14.5. The molecular weight excluding hydrogens is 523 g/mol. The smallest absolute Gasteiger partial charge is 0.303 e. The Hall–Kier alpha value is -4.48. The summed E-state index contributed by atoms with van der Waals surface area (Å²) in [6, 6.07) is 21.9. The number of hydrogen-bond donors (Lipinski definition) is 2. The summed E-state index contributed by atoms with van der Waals surface area (Å²) in [6.07, 6.45) is 1.51. The van der Waals surface area contributed by atoms with Gasteiger partial charge in [-0.2, -0.15) is 12.7 Å². The van der Waals surface area contributed by atoms with Crippen molar-refractivity contribution in [3.8, 4) is 0 Å². The van der Waals surface area contributed by atoms with Crippen LogP contribution < -0.4 is 14.9 Å². The third kappa shape index (κ3) is 6.51. The summed E-state index contributed by atoms with van der Waals surface area (Å²) >= 11 is 0. The minimum Gasteiger partial charge on any atom is -0.467 e. The van der Waals surface area contributed by atoms with Crippen molar-refractivity contribution in [1.82, 2.24) is 9.62 Å². The van der Waals surface area contributed by atoms with Crippen molar-refractivity contribution in [3.05, 3.63) is 119 Å². The molecule has 4 rings (SSSR count). The summed E-state index contributed by atoms with van der Waals surface area (Å²) in [7, 11) is -1.27. The number of carbonyl (C=O) groups excluding carboxylic acids is 2. The van der Waals surface area contributed by atoms with Crippen LogP contribution in [0.2, 0.25) is 0 Å². The number of nitrogens with zero attached hydrogens (tertiary/aromatic N) is 2. The lowest BCUT2D eigenvalue weighted by Gasteiger charge is -2.27. The van der Waals surface area contributed by atoms with Gasteiger partial charge in [0.1, 0.15) is 11.6 Å². The molecule has 0 fully saturated rings. The monoisotopic (exact) mass is 550 g/mol. The number of carbonyl (C=O) groups is 2. The summed E-state index contributed by atoms with van der Waals surface area (Å²) in [6.45, 7) is 0.0467. The zero-order valence-electron chi connectivity index (χ0n) is 21.3. The fourth-order valence-electron chi connectivity index (χ4n) is 3.73. The molecule has 202 valence electrons. The number of furan rings is 1. The molecule has 0 saturated heterocycles. The number of halogens is 1. The van der Waals surface area contributed by atoms with Crippen molar-refractivity contribution in [2.24, 2.45) is 0 Å². The minimum atomic E-state index is -4.01. The van der Waals surface area contributed by atoms with Crippen LogP contribution in [0.3, 0.4) is 0 Å². The van der Waals surface area contributed by atoms with Crippen LogP contribution in [0.15, 0.2) is 95.6 Å². The first-order valence-electron chi connectivity index (χ1n) is 11.9. The zero-order valence-corrected chi connectivity index (χ0v) is 22.1. The second kappa shape index (κ2) is 11.9. The van der Waals surface area contributed by atoms with Gasteiger partial charge >= 0.3 is 10.2 Å². The maximum absolute atomic E-state index is 14.5. The van der Waals surface area contributed by atoms with Crippen LogP contribution in [0.4, 0.5) is 15.8 Å². The molecule has 3 aromatic carbocycles. The fourth-order valence-corrected chi connectivity index (χ4v) is 4.83. The molecule has 0 unspecified atom stereocenters. The third-order valence-corrected chi connectivity index (χ3v) is 7.63. The first-order valence-corrected chi connectivity index (χ1v) is 13.3. The van der Waals surface area contributed by atoms with Gasteiger partial charge in [-0.05, 0) is 54.1 Å². The maximum Gasteiger partial charge on any atom is 0.303 e. The number of amides is 2. The van der Waals surface area contributed by atoms with Crippen molar-refractivity contribution in [3.63, 3.8) is 0 Å². The number of anilines is 2. The summed E-state index contributed by atoms with van der Waals surface area (Å²) in [4.78, 5) is 25.7. The van der Waals surface area contributed by atoms with Crippen molar-refractivity contribution < 1.29 is 26.8 Å². The molecule has 0 aliphatic heterocycles. The lowest BCUT2D eigenvalue weighted by Crippen LogP contribution is -2.40. The van der Waals surface area contributed by atoms with Gasteiger partial charge in [0.05, 0.1) is 36.3 Å². The highest BCUT2D eigenvalue weighted by molar-refractivity contribution is 7.90. The topological polar surface area (TPSA) is 112 Å². The lowest BCUT2D eigenvalue weighted by atomic mass is 10.1. The number of benzene rings is 3. The van der Waals surface area contributed by atoms with Crippen LogP contribution in [-0.2, 0) is 23.3 Å². The van der Waals surface area contributed by atoms with Gasteiger partial charge < -0.3 is 15.1 Å². The van der Waals surface area contributed by atoms with E-state index in [1.165, 1.54) is 50.7 Å². The van der Waals surface area contributed by atoms with E-state index in [-0.39, 0.29) is 35.8 Å². The highest BCUT2D eigenvalue weighted by Gasteiger charge is 2.27. The molecular formula is C28H27FN4O5S. The fraction of sp³-hybridized carbons (Fsp3) is 0.143. The average molecular weight is 551 g/mol. The predicted octanol–water partition coefficient (Wildman–Crippen LogP) is 4.41. The van der Waals surface area contributed by atoms with E-state index in [0.717, 1.165) is 8.61 Å². The molecule has 0 bridgehead atoms. The second-order valence-electron chi connectivity index (χ2n) is 8.71. The Morgan fingerprint density at radius 2 is 1.56 bits per heavy atom. The third-order valence-electron chi connectivity index (χ3n) is 5.83. The molecule has 0 spiro atoms. The molecule has 2 amide bonds. The van der Waals surface area contributed by atoms with E-state index >= 15 is 0 Å². The van der Waals surface area contributed by atoms with Crippen molar-refractivity contribution >= 4 is 33.4 Å². The van der Waals surface area contributed by atoms with Gasteiger partial charge in [-0.1, -0.05) is 36.4 Å². The highest BCUT2D eigenvalue weighted by atomic mass is 32.2. The van der Waals surface area contributed by atoms with Crippen LogP contribution in [0.5, 0.6) is 0 Å². The summed E-state index contributed by atoms with van der Waals surface area (Å²) < 4.78 is 47.6. The Bertz CT molecular complexity index is 1560. The number of rotatable bonds is 10. The van der Waals surface area contributed by atoms with Gasteiger partial charge in [-0.25, -0.2) is 4.39 Å². The second-order valence-corrected chi connectivity index (χ2v) is 10.8. The largest absolute Gasteiger partial charge is 0.467 e. The number of hydrogen-bond acceptors (Lipinski definition) is 5. The standard InChI is InChI=1S/C28H27FN4O5S/c1-32(2)39(36,37)33(26-12-6-4-10-24(26)29)19-20-13-15-21(16-14-20)27(34)31-25-11-5-3-9-23(25)28(35)30-18-22-8-7-17-38-22/h3-17H,18-19H2,1-2H3,(H,30,35)(H,31,34). The molecule has 39 heavy (non-hydrogen) atoms. The molecule has 0 saturated carbocycles. The quantitative estimate of drug-likeness (QED) is 0.304. The zero-order chi connectivity index (χ0) is 28.0. The molecule has 0 radical (unpaired) electrons. The van der Waals surface area contributed by atoms with Gasteiger partial charge in [-0.15, -0.1) is 0 Å². The van der Waals surface area contributed by atoms with Crippen LogP contribution in [0.1, 0.15) is 32.0 Å². The minimum absolute atomic E-state index is 0.0880. The van der Waals surface area contributed by atoms with Gasteiger partial charge in [0.2, 0.25) is 0 Å². The van der Waals surface area contributed by atoms with E-state index in [9.17, 15) is 22.4 Å². The summed E-state index contributed by atoms with van der Waals surface area (Å²) in [5.74, 6) is -0.921. The van der Waals surface area contributed by atoms with Gasteiger partial charge in [0.25, 0.3) is 11.8 Å². The summed E-state index contributed by atoms with van der Waals surface area (Å²) in [5.41, 5.74) is 1.35. The van der Waals surface area contributed by atoms with Gasteiger partial charge in [0.15, 0.2) is 0 Å². The SMILES string of the molecule is CN(C)S(=O)(=O)N(Cc1ccc(C(=O)Nc2ccccc2C(=O)NCc2ccco2)cc1)c1ccccc1F. The molecule has 11 heteroatoms. The molecule has 2 N–H and O–H groups in total. The number of para-hydroxylation sites is 2. The molecule has 1 heterocycles. The van der Waals surface area contributed by atoms with E-state index in [0.29, 0.717) is 17.0 Å². The molecule has 9 nitrogen and oxygen atoms in total. The highest BCUT2D eigenvalue weighted by Crippen LogP contribution is 2.25. The van der Waals surface area contributed by atoms with E-state index in [4.69, 9.17) is 4.42 Å². The van der Waals surface area contributed by atoms with Crippen LogP contribution in [0.25, 0.3) is 0 Å². The Balaban J connectivity index is 1.49. The lowest BCUT2D eigenvalue weighted by molar-refractivity contribution is 0.0949. The summed E-state index contributed by atoms with van der Waals surface area (Å²) in [5, 5.41) is 5.50. The molecule has 0 aliphatic carbocycles. The van der Waals surface area contributed by atoms with Gasteiger partial charge in [-0.3, -0.25) is 13.9 Å². The average Bonchev–Trinajstić information content (AvgIpc) is 3.45. The predicted molar refractivity (Wildman–Crippen MR) is 146 cm³/mol. The number of nitrogens with one attached hydrogen (secondary N) is 2. The van der Waals surface area contributed by atoms with Gasteiger partial charge in [0, 0.05) is 19.7 Å². The van der Waals surface area contributed by atoms with Crippen LogP contribution in [0, 0.1) is 5.82 Å². The Labute approximate surface area is 226 Å². The van der Waals surface area contributed by atoms with E-state index in [1.54, 1.807) is 54.6 Å². The molecule has 0 atom stereocenters. The van der Waals surface area contributed by atoms with Crippen molar-refractivity contribution in [2.45, 2.75) is 13.1 Å². The van der Waals surface area contributed by atoms with E-state index < -0.39 is 21.9 Å². The van der Waals surface area contributed by atoms with Crippen molar-refractivity contribution in [2.75, 3.05) is 23.7 Å². The Morgan fingerprint density at radius 1 is 0.872 bits per heavy atom. The van der Waals surface area contributed by atoms with Crippen LogP contribution in [-0.4, -0.2) is 38.6 Å².